The summed E-state index contributed by atoms with van der Waals surface area (Å²) < 4.78 is 5.57. The molecule has 24 heavy (non-hydrogen) atoms. The lowest BCUT2D eigenvalue weighted by molar-refractivity contribution is -0.126. The highest BCUT2D eigenvalue weighted by molar-refractivity contribution is 6.29. The average molecular weight is 349 g/mol. The van der Waals surface area contributed by atoms with Crippen LogP contribution in [0.4, 0.5) is 5.82 Å². The van der Waals surface area contributed by atoms with E-state index in [9.17, 15) is 4.79 Å². The fraction of sp³-hybridized carbons (Fsp3) is 0.471. The Morgan fingerprint density at radius 1 is 1.29 bits per heavy atom. The molecule has 1 aliphatic heterocycles. The number of amides is 1. The van der Waals surface area contributed by atoms with Crippen molar-refractivity contribution in [2.45, 2.75) is 32.7 Å². The second kappa shape index (κ2) is 7.21. The molecule has 0 bridgehead atoms. The number of hydrogen-bond donors (Lipinski definition) is 1. The molecule has 0 aliphatic carbocycles. The van der Waals surface area contributed by atoms with Crippen LogP contribution in [-0.2, 0) is 4.79 Å². The smallest absolute Gasteiger partial charge is 0.223 e. The van der Waals surface area contributed by atoms with Crippen LogP contribution in [0.5, 0.6) is 0 Å². The van der Waals surface area contributed by atoms with Crippen LogP contribution in [0.25, 0.3) is 0 Å². The summed E-state index contributed by atoms with van der Waals surface area (Å²) in [5.74, 6) is 2.54. The highest BCUT2D eigenvalue weighted by Gasteiger charge is 2.27. The minimum Gasteiger partial charge on any atom is -0.464 e. The van der Waals surface area contributed by atoms with Gasteiger partial charge in [0.05, 0.1) is 6.04 Å². The molecule has 1 aliphatic rings. The summed E-state index contributed by atoms with van der Waals surface area (Å²) in [4.78, 5) is 14.6. The molecule has 3 heterocycles. The highest BCUT2D eigenvalue weighted by Crippen LogP contribution is 2.23. The van der Waals surface area contributed by atoms with Crippen molar-refractivity contribution in [3.63, 3.8) is 0 Å². The molecule has 2 aromatic heterocycles. The van der Waals surface area contributed by atoms with Crippen LogP contribution in [0.2, 0.25) is 5.15 Å². The third-order valence-electron chi connectivity index (χ3n) is 4.35. The Bertz CT molecular complexity index is 693. The molecule has 128 valence electrons. The Morgan fingerprint density at radius 2 is 2.04 bits per heavy atom. The molecule has 0 radical (unpaired) electrons. The molecule has 1 fully saturated rings. The lowest BCUT2D eigenvalue weighted by Crippen LogP contribution is -2.41. The molecule has 7 heteroatoms. The van der Waals surface area contributed by atoms with E-state index in [0.717, 1.165) is 43.3 Å². The van der Waals surface area contributed by atoms with Crippen molar-refractivity contribution in [1.82, 2.24) is 15.5 Å². The first kappa shape index (κ1) is 16.8. The van der Waals surface area contributed by atoms with Gasteiger partial charge in [-0.15, -0.1) is 10.2 Å². The van der Waals surface area contributed by atoms with E-state index < -0.39 is 0 Å². The maximum Gasteiger partial charge on any atom is 0.223 e. The fourth-order valence-corrected chi connectivity index (χ4v) is 3.04. The van der Waals surface area contributed by atoms with Crippen molar-refractivity contribution in [2.24, 2.45) is 5.92 Å². The second-order valence-corrected chi connectivity index (χ2v) is 6.54. The van der Waals surface area contributed by atoms with E-state index in [2.05, 4.69) is 20.4 Å². The quantitative estimate of drug-likeness (QED) is 0.919. The predicted octanol–water partition coefficient (Wildman–Crippen LogP) is 3.13. The molecule has 0 saturated carbocycles. The van der Waals surface area contributed by atoms with Gasteiger partial charge in [0.2, 0.25) is 5.91 Å². The number of rotatable bonds is 4. The number of piperidine rings is 1. The van der Waals surface area contributed by atoms with Gasteiger partial charge in [-0.05, 0) is 51.0 Å². The first-order valence-corrected chi connectivity index (χ1v) is 8.51. The van der Waals surface area contributed by atoms with Crippen LogP contribution in [0, 0.1) is 12.8 Å². The number of carbonyl (C=O) groups excluding carboxylic acids is 1. The summed E-state index contributed by atoms with van der Waals surface area (Å²) in [6.45, 7) is 5.40. The SMILES string of the molecule is Cc1ccc(C(C)NC(=O)C2CCN(c3ccc(Cl)nn3)CC2)o1. The Hall–Kier alpha value is -2.08. The summed E-state index contributed by atoms with van der Waals surface area (Å²) in [7, 11) is 0. The molecule has 2 aromatic rings. The number of aromatic nitrogens is 2. The van der Waals surface area contributed by atoms with Crippen molar-refractivity contribution < 1.29 is 9.21 Å². The molecule has 1 amide bonds. The van der Waals surface area contributed by atoms with Crippen molar-refractivity contribution >= 4 is 23.3 Å². The molecule has 3 rings (SSSR count). The molecule has 1 atom stereocenters. The molecule has 0 aromatic carbocycles. The van der Waals surface area contributed by atoms with E-state index in [1.165, 1.54) is 0 Å². The zero-order valence-corrected chi connectivity index (χ0v) is 14.6. The van der Waals surface area contributed by atoms with E-state index in [1.807, 2.05) is 32.0 Å². The zero-order chi connectivity index (χ0) is 17.1. The number of halogens is 1. The lowest BCUT2D eigenvalue weighted by atomic mass is 9.95. The van der Waals surface area contributed by atoms with Crippen LogP contribution in [0.1, 0.15) is 37.3 Å². The van der Waals surface area contributed by atoms with E-state index in [0.29, 0.717) is 5.15 Å². The molecule has 1 saturated heterocycles. The Kier molecular flexibility index (Phi) is 5.04. The third kappa shape index (κ3) is 3.87. The number of nitrogens with zero attached hydrogens (tertiary/aromatic N) is 3. The van der Waals surface area contributed by atoms with Crippen LogP contribution < -0.4 is 10.2 Å². The summed E-state index contributed by atoms with van der Waals surface area (Å²) in [6, 6.07) is 7.28. The molecule has 1 unspecified atom stereocenters. The van der Waals surface area contributed by atoms with Gasteiger partial charge in [0.1, 0.15) is 11.5 Å². The standard InChI is InChI=1S/C17H21ClN4O2/c1-11-3-4-14(24-11)12(2)19-17(23)13-7-9-22(10-8-13)16-6-5-15(18)20-21-16/h3-6,12-13H,7-10H2,1-2H3,(H,19,23). The van der Waals surface area contributed by atoms with Gasteiger partial charge in [0.25, 0.3) is 0 Å². The largest absolute Gasteiger partial charge is 0.464 e. The Balaban J connectivity index is 1.52. The van der Waals surface area contributed by atoms with Gasteiger partial charge in [-0.25, -0.2) is 0 Å². The van der Waals surface area contributed by atoms with E-state index in [4.69, 9.17) is 16.0 Å². The summed E-state index contributed by atoms with van der Waals surface area (Å²) >= 11 is 5.76. The second-order valence-electron chi connectivity index (χ2n) is 6.15. The van der Waals surface area contributed by atoms with Gasteiger partial charge in [-0.1, -0.05) is 11.6 Å². The summed E-state index contributed by atoms with van der Waals surface area (Å²) in [6.07, 6.45) is 1.58. The highest BCUT2D eigenvalue weighted by atomic mass is 35.5. The lowest BCUT2D eigenvalue weighted by Gasteiger charge is -2.32. The number of carbonyl (C=O) groups is 1. The normalized spacial score (nSPS) is 16.9. The van der Waals surface area contributed by atoms with E-state index in [-0.39, 0.29) is 17.9 Å². The minimum absolute atomic E-state index is 0.0139. The number of nitrogens with one attached hydrogen (secondary N) is 1. The number of hydrogen-bond acceptors (Lipinski definition) is 5. The van der Waals surface area contributed by atoms with E-state index >= 15 is 0 Å². The van der Waals surface area contributed by atoms with Crippen molar-refractivity contribution in [3.05, 3.63) is 40.9 Å². The van der Waals surface area contributed by atoms with Gasteiger partial charge in [-0.3, -0.25) is 4.79 Å². The van der Waals surface area contributed by atoms with Gasteiger partial charge in [0, 0.05) is 19.0 Å². The fourth-order valence-electron chi connectivity index (χ4n) is 2.94. The number of anilines is 1. The summed E-state index contributed by atoms with van der Waals surface area (Å²) in [5, 5.41) is 11.4. The van der Waals surface area contributed by atoms with Gasteiger partial charge in [0.15, 0.2) is 11.0 Å². The van der Waals surface area contributed by atoms with Crippen LogP contribution in [0.15, 0.2) is 28.7 Å². The van der Waals surface area contributed by atoms with Gasteiger partial charge in [-0.2, -0.15) is 0 Å². The van der Waals surface area contributed by atoms with Crippen molar-refractivity contribution in [1.29, 1.82) is 0 Å². The minimum atomic E-state index is -0.119. The topological polar surface area (TPSA) is 71.3 Å². The summed E-state index contributed by atoms with van der Waals surface area (Å²) in [5.41, 5.74) is 0. The first-order chi connectivity index (χ1) is 11.5. The van der Waals surface area contributed by atoms with Crippen molar-refractivity contribution in [3.8, 4) is 0 Å². The Morgan fingerprint density at radius 3 is 2.62 bits per heavy atom. The maximum absolute atomic E-state index is 12.5. The molecular formula is C17H21ClN4O2. The molecule has 6 nitrogen and oxygen atoms in total. The molecular weight excluding hydrogens is 328 g/mol. The van der Waals surface area contributed by atoms with E-state index in [1.54, 1.807) is 6.07 Å². The molecule has 1 N–H and O–H groups in total. The van der Waals surface area contributed by atoms with Crippen LogP contribution in [-0.4, -0.2) is 29.2 Å². The monoisotopic (exact) mass is 348 g/mol. The Labute approximate surface area is 146 Å². The number of aryl methyl sites for hydroxylation is 1. The number of furan rings is 1. The third-order valence-corrected chi connectivity index (χ3v) is 4.56. The predicted molar refractivity (Wildman–Crippen MR) is 92.0 cm³/mol. The zero-order valence-electron chi connectivity index (χ0n) is 13.8. The van der Waals surface area contributed by atoms with Crippen molar-refractivity contribution in [2.75, 3.05) is 18.0 Å². The van der Waals surface area contributed by atoms with Crippen LogP contribution in [0.3, 0.4) is 0 Å². The van der Waals surface area contributed by atoms with Gasteiger partial charge >= 0.3 is 0 Å². The van der Waals surface area contributed by atoms with Gasteiger partial charge < -0.3 is 14.6 Å². The maximum atomic E-state index is 12.5. The average Bonchev–Trinajstić information content (AvgIpc) is 3.02. The van der Waals surface area contributed by atoms with Crippen LogP contribution >= 0.6 is 11.6 Å². The molecule has 0 spiro atoms. The first-order valence-electron chi connectivity index (χ1n) is 8.14.